The molecule has 0 amide bonds. The zero-order valence-corrected chi connectivity index (χ0v) is 11.1. The summed E-state index contributed by atoms with van der Waals surface area (Å²) in [4.78, 5) is 7.98. The Bertz CT molecular complexity index is 589. The van der Waals surface area contributed by atoms with Crippen molar-refractivity contribution in [2.75, 3.05) is 6.61 Å². The number of fused-ring (bicyclic) bond motifs is 1. The van der Waals surface area contributed by atoms with Crippen molar-refractivity contribution in [3.63, 3.8) is 0 Å². The van der Waals surface area contributed by atoms with Crippen LogP contribution in [0.5, 0.6) is 5.75 Å². The van der Waals surface area contributed by atoms with Gasteiger partial charge in [0.25, 0.3) is 0 Å². The molecule has 2 aromatic rings. The van der Waals surface area contributed by atoms with Gasteiger partial charge in [-0.3, -0.25) is 0 Å². The largest absolute Gasteiger partial charge is 0.493 e. The topological polar surface area (TPSA) is 61.0 Å². The van der Waals surface area contributed by atoms with E-state index in [1.807, 2.05) is 12.1 Å². The number of aromatic nitrogens is 2. The first-order valence-electron chi connectivity index (χ1n) is 6.18. The van der Waals surface area contributed by atoms with Gasteiger partial charge in [-0.15, -0.1) is 0 Å². The molecule has 0 saturated carbocycles. The summed E-state index contributed by atoms with van der Waals surface area (Å²) in [6.45, 7) is 0.715. The Kier molecular flexibility index (Phi) is 3.36. The molecule has 4 nitrogen and oxygen atoms in total. The third-order valence-electron chi connectivity index (χ3n) is 3.27. The number of hydrogen-bond acceptors (Lipinski definition) is 4. The lowest BCUT2D eigenvalue weighted by Crippen LogP contribution is -2.14. The zero-order chi connectivity index (χ0) is 13.2. The van der Waals surface area contributed by atoms with Crippen molar-refractivity contribution in [3.05, 3.63) is 52.6 Å². The normalized spacial score (nSPS) is 14.8. The summed E-state index contributed by atoms with van der Waals surface area (Å²) in [5.41, 5.74) is 9.32. The summed E-state index contributed by atoms with van der Waals surface area (Å²) in [6, 6.07) is 3.73. The molecule has 19 heavy (non-hydrogen) atoms. The molecule has 0 spiro atoms. The van der Waals surface area contributed by atoms with Gasteiger partial charge in [0.1, 0.15) is 12.1 Å². The minimum absolute atomic E-state index is 0.159. The van der Waals surface area contributed by atoms with E-state index in [9.17, 15) is 0 Å². The van der Waals surface area contributed by atoms with Gasteiger partial charge in [0.05, 0.1) is 6.61 Å². The zero-order valence-electron chi connectivity index (χ0n) is 10.3. The Morgan fingerprint density at radius 1 is 1.32 bits per heavy atom. The maximum Gasteiger partial charge on any atom is 0.125 e. The fourth-order valence-corrected chi connectivity index (χ4v) is 2.62. The maximum atomic E-state index is 6.19. The molecule has 0 fully saturated rings. The monoisotopic (exact) mass is 275 g/mol. The summed E-state index contributed by atoms with van der Waals surface area (Å²) < 4.78 is 5.68. The van der Waals surface area contributed by atoms with Gasteiger partial charge in [-0.2, -0.15) is 0 Å². The van der Waals surface area contributed by atoms with Gasteiger partial charge in [0.2, 0.25) is 0 Å². The molecule has 1 aliphatic heterocycles. The molecule has 1 aliphatic rings. The summed E-state index contributed by atoms with van der Waals surface area (Å²) >= 11 is 6.14. The second kappa shape index (κ2) is 5.15. The highest BCUT2D eigenvalue weighted by Crippen LogP contribution is 2.34. The number of nitrogens with two attached hydrogens (primary N) is 1. The molecular weight excluding hydrogens is 262 g/mol. The molecule has 1 aromatic carbocycles. The van der Waals surface area contributed by atoms with Gasteiger partial charge in [-0.05, 0) is 29.7 Å². The summed E-state index contributed by atoms with van der Waals surface area (Å²) in [7, 11) is 0. The van der Waals surface area contributed by atoms with E-state index in [0.717, 1.165) is 28.3 Å². The first kappa shape index (κ1) is 12.4. The van der Waals surface area contributed by atoms with E-state index in [1.165, 1.54) is 11.9 Å². The second-order valence-corrected chi connectivity index (χ2v) is 5.07. The molecule has 2 N–H and O–H groups in total. The van der Waals surface area contributed by atoms with E-state index < -0.39 is 0 Å². The molecule has 1 unspecified atom stereocenters. The van der Waals surface area contributed by atoms with Crippen molar-refractivity contribution in [1.29, 1.82) is 0 Å². The maximum absolute atomic E-state index is 6.19. The number of hydrogen-bond donors (Lipinski definition) is 1. The number of halogens is 1. The molecular formula is C14H14ClN3O. The first-order valence-corrected chi connectivity index (χ1v) is 6.56. The van der Waals surface area contributed by atoms with Crippen LogP contribution in [0.1, 0.15) is 22.7 Å². The van der Waals surface area contributed by atoms with Crippen LogP contribution in [0.3, 0.4) is 0 Å². The molecule has 1 atom stereocenters. The molecule has 0 bridgehead atoms. The van der Waals surface area contributed by atoms with E-state index in [2.05, 4.69) is 9.97 Å². The lowest BCUT2D eigenvalue weighted by atomic mass is 9.99. The summed E-state index contributed by atoms with van der Waals surface area (Å²) in [5, 5.41) is 0.732. The van der Waals surface area contributed by atoms with Crippen LogP contribution in [0.4, 0.5) is 0 Å². The van der Waals surface area contributed by atoms with Gasteiger partial charge >= 0.3 is 0 Å². The van der Waals surface area contributed by atoms with Crippen LogP contribution < -0.4 is 10.5 Å². The van der Waals surface area contributed by atoms with E-state index in [4.69, 9.17) is 22.1 Å². The van der Waals surface area contributed by atoms with Gasteiger partial charge in [-0.25, -0.2) is 9.97 Å². The number of rotatable bonds is 3. The van der Waals surface area contributed by atoms with Gasteiger partial charge in [0, 0.05) is 35.4 Å². The van der Waals surface area contributed by atoms with Crippen molar-refractivity contribution in [1.82, 2.24) is 9.97 Å². The van der Waals surface area contributed by atoms with Crippen molar-refractivity contribution in [2.45, 2.75) is 18.9 Å². The van der Waals surface area contributed by atoms with Crippen molar-refractivity contribution in [2.24, 2.45) is 5.73 Å². The second-order valence-electron chi connectivity index (χ2n) is 4.63. The van der Waals surface area contributed by atoms with Crippen LogP contribution in [0, 0.1) is 0 Å². The van der Waals surface area contributed by atoms with E-state index in [1.54, 1.807) is 12.4 Å². The Hall–Kier alpha value is -1.65. The SMILES string of the molecule is NC(Cc1cc(Cl)cc2c1OCC2)c1cncnc1. The molecule has 0 radical (unpaired) electrons. The number of ether oxygens (including phenoxy) is 1. The highest BCUT2D eigenvalue weighted by atomic mass is 35.5. The van der Waals surface area contributed by atoms with Crippen LogP contribution in [-0.4, -0.2) is 16.6 Å². The minimum Gasteiger partial charge on any atom is -0.493 e. The van der Waals surface area contributed by atoms with E-state index in [-0.39, 0.29) is 6.04 Å². The third-order valence-corrected chi connectivity index (χ3v) is 3.49. The van der Waals surface area contributed by atoms with Crippen LogP contribution in [0.25, 0.3) is 0 Å². The molecule has 2 heterocycles. The Morgan fingerprint density at radius 3 is 2.89 bits per heavy atom. The van der Waals surface area contributed by atoms with Crippen LogP contribution in [0.2, 0.25) is 5.02 Å². The highest BCUT2D eigenvalue weighted by molar-refractivity contribution is 6.30. The average Bonchev–Trinajstić information content (AvgIpc) is 2.88. The first-order chi connectivity index (χ1) is 9.24. The number of nitrogens with zero attached hydrogens (tertiary/aromatic N) is 2. The summed E-state index contributed by atoms with van der Waals surface area (Å²) in [5.74, 6) is 0.941. The van der Waals surface area contributed by atoms with E-state index in [0.29, 0.717) is 13.0 Å². The fraction of sp³-hybridized carbons (Fsp3) is 0.286. The highest BCUT2D eigenvalue weighted by Gasteiger charge is 2.19. The van der Waals surface area contributed by atoms with Crippen molar-refractivity contribution in [3.8, 4) is 5.75 Å². The van der Waals surface area contributed by atoms with Crippen LogP contribution in [0.15, 0.2) is 30.9 Å². The molecule has 0 aliphatic carbocycles. The summed E-state index contributed by atoms with van der Waals surface area (Å²) in [6.07, 6.45) is 6.55. The molecule has 98 valence electrons. The Labute approximate surface area is 116 Å². The van der Waals surface area contributed by atoms with Gasteiger partial charge in [-0.1, -0.05) is 11.6 Å². The van der Waals surface area contributed by atoms with Crippen LogP contribution >= 0.6 is 11.6 Å². The molecule has 1 aromatic heterocycles. The third kappa shape index (κ3) is 2.55. The standard InChI is InChI=1S/C14H14ClN3O/c15-12-3-9-1-2-19-14(9)10(4-12)5-13(16)11-6-17-8-18-7-11/h3-4,6-8,13H,1-2,5,16H2. The lowest BCUT2D eigenvalue weighted by molar-refractivity contribution is 0.352. The lowest BCUT2D eigenvalue weighted by Gasteiger charge is -2.14. The van der Waals surface area contributed by atoms with Gasteiger partial charge in [0.15, 0.2) is 0 Å². The Balaban J connectivity index is 1.88. The predicted molar refractivity (Wildman–Crippen MR) is 73.3 cm³/mol. The average molecular weight is 276 g/mol. The molecule has 3 rings (SSSR count). The fourth-order valence-electron chi connectivity index (χ4n) is 2.35. The molecule has 0 saturated heterocycles. The predicted octanol–water partition coefficient (Wildman–Crippen LogP) is 2.31. The number of benzene rings is 1. The van der Waals surface area contributed by atoms with Crippen LogP contribution in [-0.2, 0) is 12.8 Å². The Morgan fingerprint density at radius 2 is 2.11 bits per heavy atom. The van der Waals surface area contributed by atoms with Gasteiger partial charge < -0.3 is 10.5 Å². The molecule has 5 heteroatoms. The smallest absolute Gasteiger partial charge is 0.125 e. The van der Waals surface area contributed by atoms with E-state index >= 15 is 0 Å². The van der Waals surface area contributed by atoms with Crippen molar-refractivity contribution < 1.29 is 4.74 Å². The quantitative estimate of drug-likeness (QED) is 0.934. The van der Waals surface area contributed by atoms with Crippen molar-refractivity contribution >= 4 is 11.6 Å². The minimum atomic E-state index is -0.159.